The van der Waals surface area contributed by atoms with Gasteiger partial charge < -0.3 is 20.7 Å². The molecule has 24 heavy (non-hydrogen) atoms. The smallest absolute Gasteiger partial charge is 0.229 e. The molecule has 1 unspecified atom stereocenters. The van der Waals surface area contributed by atoms with Crippen LogP contribution in [0.2, 0.25) is 0 Å². The largest absolute Gasteiger partial charge is 0.371 e. The van der Waals surface area contributed by atoms with Crippen LogP contribution in [0.4, 0.5) is 21.8 Å². The summed E-state index contributed by atoms with van der Waals surface area (Å²) in [6.45, 7) is 2.45. The molecule has 6 nitrogen and oxygen atoms in total. The predicted molar refractivity (Wildman–Crippen MR) is 89.9 cm³/mol. The molecule has 1 atom stereocenters. The average Bonchev–Trinajstić information content (AvgIpc) is 3.43. The highest BCUT2D eigenvalue weighted by atomic mass is 19.1. The van der Waals surface area contributed by atoms with E-state index in [0.717, 1.165) is 43.8 Å². The molecule has 3 N–H and O–H groups in total. The summed E-state index contributed by atoms with van der Waals surface area (Å²) >= 11 is 0. The van der Waals surface area contributed by atoms with Crippen molar-refractivity contribution in [3.8, 4) is 0 Å². The Kier molecular flexibility index (Phi) is 4.27. The minimum atomic E-state index is -0.426. The van der Waals surface area contributed by atoms with E-state index < -0.39 is 5.82 Å². The van der Waals surface area contributed by atoms with Crippen LogP contribution >= 0.6 is 0 Å². The van der Waals surface area contributed by atoms with E-state index in [4.69, 9.17) is 4.74 Å². The molecule has 126 valence electrons. The number of rotatable bonds is 5. The molecule has 2 aromatic rings. The molecule has 1 aliphatic heterocycles. The third kappa shape index (κ3) is 3.63. The van der Waals surface area contributed by atoms with Gasteiger partial charge in [-0.15, -0.1) is 0 Å². The fraction of sp³-hybridized carbons (Fsp3) is 0.412. The first-order chi connectivity index (χ1) is 11.8. The summed E-state index contributed by atoms with van der Waals surface area (Å²) in [6.07, 6.45) is 3.40. The van der Waals surface area contributed by atoms with E-state index in [1.165, 1.54) is 6.20 Å². The second-order valence-electron chi connectivity index (χ2n) is 6.12. The number of benzene rings is 1. The summed E-state index contributed by atoms with van der Waals surface area (Å²) in [7, 11) is 0. The summed E-state index contributed by atoms with van der Waals surface area (Å²) in [6, 6.07) is 8.28. The first-order valence-corrected chi connectivity index (χ1v) is 8.26. The number of nitrogens with one attached hydrogen (secondary N) is 3. The van der Waals surface area contributed by atoms with Crippen LogP contribution in [0, 0.1) is 5.82 Å². The minimum Gasteiger partial charge on any atom is -0.371 e. The zero-order chi connectivity index (χ0) is 16.4. The second kappa shape index (κ2) is 6.70. The quantitative estimate of drug-likeness (QED) is 0.783. The van der Waals surface area contributed by atoms with Gasteiger partial charge in [-0.3, -0.25) is 0 Å². The lowest BCUT2D eigenvalue weighted by molar-refractivity contribution is 0.0277. The third-order valence-corrected chi connectivity index (χ3v) is 4.13. The third-order valence-electron chi connectivity index (χ3n) is 4.13. The van der Waals surface area contributed by atoms with Crippen molar-refractivity contribution in [3.05, 3.63) is 41.8 Å². The number of nitrogens with zero attached hydrogens (tertiary/aromatic N) is 2. The van der Waals surface area contributed by atoms with Crippen LogP contribution in [0.3, 0.4) is 0 Å². The maximum atomic E-state index is 13.7. The normalized spacial score (nSPS) is 20.6. The average molecular weight is 329 g/mol. The molecule has 2 aliphatic rings. The van der Waals surface area contributed by atoms with Gasteiger partial charge in [0, 0.05) is 24.8 Å². The van der Waals surface area contributed by atoms with Gasteiger partial charge in [0.15, 0.2) is 11.6 Å². The van der Waals surface area contributed by atoms with Crippen LogP contribution in [-0.2, 0) is 4.74 Å². The van der Waals surface area contributed by atoms with Crippen LogP contribution in [0.5, 0.6) is 0 Å². The monoisotopic (exact) mass is 329 g/mol. The lowest BCUT2D eigenvalue weighted by Crippen LogP contribution is -2.33. The molecule has 0 bridgehead atoms. The van der Waals surface area contributed by atoms with Gasteiger partial charge in [-0.2, -0.15) is 4.98 Å². The lowest BCUT2D eigenvalue weighted by atomic mass is 10.1. The van der Waals surface area contributed by atoms with Gasteiger partial charge in [0.25, 0.3) is 0 Å². The van der Waals surface area contributed by atoms with Gasteiger partial charge in [0.05, 0.1) is 18.9 Å². The lowest BCUT2D eigenvalue weighted by Gasteiger charge is -2.24. The molecule has 1 saturated heterocycles. The van der Waals surface area contributed by atoms with Gasteiger partial charge in [-0.05, 0) is 30.5 Å². The molecule has 2 fully saturated rings. The molecule has 4 rings (SSSR count). The van der Waals surface area contributed by atoms with Crippen molar-refractivity contribution < 1.29 is 9.13 Å². The van der Waals surface area contributed by atoms with E-state index in [9.17, 15) is 4.39 Å². The van der Waals surface area contributed by atoms with E-state index in [1.807, 2.05) is 24.3 Å². The highest BCUT2D eigenvalue weighted by Crippen LogP contribution is 2.26. The number of hydrogen-bond acceptors (Lipinski definition) is 6. The van der Waals surface area contributed by atoms with Crippen LogP contribution in [0.15, 0.2) is 30.5 Å². The Balaban J connectivity index is 1.44. The molecule has 1 saturated carbocycles. The Morgan fingerprint density at radius 1 is 1.21 bits per heavy atom. The zero-order valence-corrected chi connectivity index (χ0v) is 13.3. The molecule has 7 heteroatoms. The SMILES string of the molecule is Fc1cnc(Nc2ccc(C3CNCCO3)cc2)nc1NC1CC1. The molecule has 2 heterocycles. The highest BCUT2D eigenvalue weighted by Gasteiger charge is 2.23. The van der Waals surface area contributed by atoms with Crippen LogP contribution in [0.1, 0.15) is 24.5 Å². The number of anilines is 3. The summed E-state index contributed by atoms with van der Waals surface area (Å²) in [5.41, 5.74) is 1.98. The van der Waals surface area contributed by atoms with E-state index in [1.54, 1.807) is 0 Å². The first-order valence-electron chi connectivity index (χ1n) is 8.26. The van der Waals surface area contributed by atoms with E-state index in [-0.39, 0.29) is 11.9 Å². The van der Waals surface area contributed by atoms with E-state index in [0.29, 0.717) is 12.0 Å². The standard InChI is InChI=1S/C17H20FN5O/c18-14-9-20-17(23-16(14)21-12-5-6-12)22-13-3-1-11(2-4-13)15-10-19-7-8-24-15/h1-4,9,12,15,19H,5-8,10H2,(H2,20,21,22,23). The number of ether oxygens (including phenoxy) is 1. The minimum absolute atomic E-state index is 0.0872. The maximum Gasteiger partial charge on any atom is 0.229 e. The van der Waals surface area contributed by atoms with Crippen LogP contribution < -0.4 is 16.0 Å². The first kappa shape index (κ1) is 15.3. The zero-order valence-electron chi connectivity index (χ0n) is 13.3. The Morgan fingerprint density at radius 2 is 2.04 bits per heavy atom. The second-order valence-corrected chi connectivity index (χ2v) is 6.12. The Bertz CT molecular complexity index is 699. The highest BCUT2D eigenvalue weighted by molar-refractivity contribution is 5.55. The number of hydrogen-bond donors (Lipinski definition) is 3. The van der Waals surface area contributed by atoms with E-state index in [2.05, 4.69) is 25.9 Å². The molecule has 1 aromatic heterocycles. The summed E-state index contributed by atoms with van der Waals surface area (Å²) < 4.78 is 19.5. The van der Waals surface area contributed by atoms with Crippen molar-refractivity contribution in [3.63, 3.8) is 0 Å². The van der Waals surface area contributed by atoms with Crippen molar-refractivity contribution >= 4 is 17.5 Å². The molecule has 1 aliphatic carbocycles. The molecule has 0 amide bonds. The fourth-order valence-electron chi connectivity index (χ4n) is 2.64. The Morgan fingerprint density at radius 3 is 2.75 bits per heavy atom. The molecule has 0 spiro atoms. The van der Waals surface area contributed by atoms with Crippen molar-refractivity contribution in [2.45, 2.75) is 25.0 Å². The van der Waals surface area contributed by atoms with Gasteiger partial charge in [0.2, 0.25) is 5.95 Å². The van der Waals surface area contributed by atoms with Crippen molar-refractivity contribution in [2.75, 3.05) is 30.3 Å². The number of halogens is 1. The van der Waals surface area contributed by atoms with E-state index >= 15 is 0 Å². The van der Waals surface area contributed by atoms with Gasteiger partial charge in [0.1, 0.15) is 0 Å². The van der Waals surface area contributed by atoms with Gasteiger partial charge >= 0.3 is 0 Å². The molecule has 0 radical (unpaired) electrons. The van der Waals surface area contributed by atoms with Crippen molar-refractivity contribution in [2.24, 2.45) is 0 Å². The van der Waals surface area contributed by atoms with Crippen LogP contribution in [0.25, 0.3) is 0 Å². The summed E-state index contributed by atoms with van der Waals surface area (Å²) in [5, 5.41) is 9.50. The molecular weight excluding hydrogens is 309 g/mol. The Hall–Kier alpha value is -2.25. The van der Waals surface area contributed by atoms with Crippen molar-refractivity contribution in [1.29, 1.82) is 0 Å². The van der Waals surface area contributed by atoms with Crippen molar-refractivity contribution in [1.82, 2.24) is 15.3 Å². The van der Waals surface area contributed by atoms with Gasteiger partial charge in [-0.25, -0.2) is 9.37 Å². The number of morpholine rings is 1. The molecule has 1 aromatic carbocycles. The Labute approximate surface area is 139 Å². The summed E-state index contributed by atoms with van der Waals surface area (Å²) in [4.78, 5) is 8.22. The maximum absolute atomic E-state index is 13.7. The predicted octanol–water partition coefficient (Wildman–Crippen LogP) is 2.59. The fourth-order valence-corrected chi connectivity index (χ4v) is 2.64. The van der Waals surface area contributed by atoms with Crippen LogP contribution in [-0.4, -0.2) is 35.7 Å². The van der Waals surface area contributed by atoms with Gasteiger partial charge in [-0.1, -0.05) is 12.1 Å². The number of aromatic nitrogens is 2. The topological polar surface area (TPSA) is 71.1 Å². The summed E-state index contributed by atoms with van der Waals surface area (Å²) in [5.74, 6) is 0.209. The molecular formula is C17H20FN5O.